The highest BCUT2D eigenvalue weighted by atomic mass is 19.1. The topological polar surface area (TPSA) is 64.3 Å². The lowest BCUT2D eigenvalue weighted by Gasteiger charge is -2.10. The van der Waals surface area contributed by atoms with E-state index in [1.807, 2.05) is 43.3 Å². The van der Waals surface area contributed by atoms with Crippen LogP contribution in [0.15, 0.2) is 83.6 Å². The summed E-state index contributed by atoms with van der Waals surface area (Å²) in [4.78, 5) is 12.5. The highest BCUT2D eigenvalue weighted by Gasteiger charge is 2.09. The van der Waals surface area contributed by atoms with Crippen LogP contribution in [0, 0.1) is 5.82 Å². The minimum absolute atomic E-state index is 0.236. The largest absolute Gasteiger partial charge is 0.489 e. The Morgan fingerprint density at radius 1 is 1.13 bits per heavy atom. The van der Waals surface area contributed by atoms with Crippen molar-refractivity contribution in [1.29, 1.82) is 0 Å². The summed E-state index contributed by atoms with van der Waals surface area (Å²) < 4.78 is 19.0. The number of rotatable bonds is 9. The molecule has 0 fully saturated rings. The zero-order valence-electron chi connectivity index (χ0n) is 17.7. The van der Waals surface area contributed by atoms with Gasteiger partial charge in [0, 0.05) is 12.2 Å². The van der Waals surface area contributed by atoms with Crippen LogP contribution in [-0.4, -0.2) is 5.91 Å². The van der Waals surface area contributed by atoms with Crippen LogP contribution in [0.25, 0.3) is 0 Å². The Labute approximate surface area is 177 Å². The van der Waals surface area contributed by atoms with Gasteiger partial charge in [0.2, 0.25) is 0 Å². The Hall–Kier alpha value is -3.34. The summed E-state index contributed by atoms with van der Waals surface area (Å²) in [6.45, 7) is 6.42. The van der Waals surface area contributed by atoms with Crippen LogP contribution in [0.3, 0.4) is 0 Å². The van der Waals surface area contributed by atoms with Gasteiger partial charge in [-0.25, -0.2) is 4.39 Å². The van der Waals surface area contributed by atoms with Crippen molar-refractivity contribution in [2.45, 2.75) is 40.3 Å². The maximum Gasteiger partial charge on any atom is 0.253 e. The molecule has 0 spiro atoms. The molecular weight excluding hydrogens is 379 g/mol. The van der Waals surface area contributed by atoms with Crippen molar-refractivity contribution in [2.24, 2.45) is 5.73 Å². The summed E-state index contributed by atoms with van der Waals surface area (Å²) in [6.07, 6.45) is 6.48. The average molecular weight is 409 g/mol. The summed E-state index contributed by atoms with van der Waals surface area (Å²) in [6, 6.07) is 13.7. The van der Waals surface area contributed by atoms with Crippen LogP contribution in [0.1, 0.15) is 38.3 Å². The van der Waals surface area contributed by atoms with Crippen LogP contribution >= 0.6 is 0 Å². The molecule has 0 radical (unpaired) electrons. The molecule has 0 saturated heterocycles. The third-order valence-corrected chi connectivity index (χ3v) is 4.52. The molecule has 2 aromatic carbocycles. The Morgan fingerprint density at radius 2 is 1.87 bits per heavy atom. The molecule has 0 saturated carbocycles. The van der Waals surface area contributed by atoms with Crippen LogP contribution < -0.4 is 15.8 Å². The monoisotopic (exact) mass is 408 g/mol. The van der Waals surface area contributed by atoms with Crippen molar-refractivity contribution in [1.82, 2.24) is 5.32 Å². The fraction of sp³-hybridized carbons (Fsp3) is 0.240. The quantitative estimate of drug-likeness (QED) is 0.445. The van der Waals surface area contributed by atoms with Crippen molar-refractivity contribution in [3.05, 3.63) is 101 Å². The molecule has 0 aliphatic carbocycles. The van der Waals surface area contributed by atoms with Gasteiger partial charge in [-0.05, 0) is 61.7 Å². The van der Waals surface area contributed by atoms with E-state index in [0.717, 1.165) is 17.5 Å². The maximum absolute atomic E-state index is 13.3. The fourth-order valence-electron chi connectivity index (χ4n) is 2.63. The van der Waals surface area contributed by atoms with Gasteiger partial charge < -0.3 is 15.8 Å². The highest BCUT2D eigenvalue weighted by Crippen LogP contribution is 2.16. The van der Waals surface area contributed by atoms with Crippen molar-refractivity contribution in [3.63, 3.8) is 0 Å². The van der Waals surface area contributed by atoms with E-state index in [9.17, 15) is 9.18 Å². The lowest BCUT2D eigenvalue weighted by atomic mass is 10.1. The first kappa shape index (κ1) is 22.9. The zero-order chi connectivity index (χ0) is 21.9. The number of carbonyl (C=O) groups is 1. The summed E-state index contributed by atoms with van der Waals surface area (Å²) >= 11 is 0. The second kappa shape index (κ2) is 11.6. The number of hydrogen-bond acceptors (Lipinski definition) is 3. The van der Waals surface area contributed by atoms with Gasteiger partial charge in [-0.3, -0.25) is 4.79 Å². The van der Waals surface area contributed by atoms with E-state index in [1.165, 1.54) is 17.7 Å². The first-order valence-electron chi connectivity index (χ1n) is 9.93. The number of benzene rings is 2. The van der Waals surface area contributed by atoms with Crippen LogP contribution in [0.4, 0.5) is 4.39 Å². The summed E-state index contributed by atoms with van der Waals surface area (Å²) in [5.41, 5.74) is 9.64. The molecule has 5 heteroatoms. The Kier molecular flexibility index (Phi) is 8.88. The molecule has 4 nitrogen and oxygen atoms in total. The highest BCUT2D eigenvalue weighted by molar-refractivity contribution is 5.96. The third-order valence-electron chi connectivity index (χ3n) is 4.52. The second-order valence-electron chi connectivity index (χ2n) is 7.07. The lowest BCUT2D eigenvalue weighted by Crippen LogP contribution is -2.25. The molecular formula is C25H29FN2O2. The Balaban J connectivity index is 1.96. The van der Waals surface area contributed by atoms with Gasteiger partial charge in [0.15, 0.2) is 0 Å². The number of carbonyl (C=O) groups excluding carboxylic acids is 1. The van der Waals surface area contributed by atoms with E-state index in [2.05, 4.69) is 12.2 Å². The number of ether oxygens (including phenoxy) is 1. The van der Waals surface area contributed by atoms with E-state index >= 15 is 0 Å². The second-order valence-corrected chi connectivity index (χ2v) is 7.07. The molecule has 0 aromatic heterocycles. The molecule has 30 heavy (non-hydrogen) atoms. The molecule has 3 N–H and O–H groups in total. The fourth-order valence-corrected chi connectivity index (χ4v) is 2.63. The van der Waals surface area contributed by atoms with Crippen LogP contribution in [0.5, 0.6) is 5.75 Å². The van der Waals surface area contributed by atoms with Crippen molar-refractivity contribution >= 4 is 5.91 Å². The lowest BCUT2D eigenvalue weighted by molar-refractivity contribution is -0.117. The molecule has 158 valence electrons. The van der Waals surface area contributed by atoms with E-state index in [4.69, 9.17) is 10.5 Å². The Bertz CT molecular complexity index is 957. The van der Waals surface area contributed by atoms with E-state index in [0.29, 0.717) is 23.6 Å². The molecule has 0 aliphatic rings. The molecule has 0 aliphatic heterocycles. The standard InChI is InChI=1S/C25H29FN2O2/c1-4-18(2)8-5-13-24(19(3)27)25(29)28-16-20-9-7-12-23(15-20)30-17-21-10-6-11-22(26)14-21/h5-15H,4,16-17,27H2,1-3H3,(H,28,29)/b13-5-,18-8?,24-19-. The molecule has 0 unspecified atom stereocenters. The normalized spacial score (nSPS) is 12.6. The molecule has 1 amide bonds. The van der Waals surface area contributed by atoms with Gasteiger partial charge in [-0.2, -0.15) is 0 Å². The Morgan fingerprint density at radius 3 is 2.57 bits per heavy atom. The molecule has 0 bridgehead atoms. The SMILES string of the molecule is CCC(C)=C/C=C\C(C(=O)NCc1cccc(OCc2cccc(F)c2)c1)=C(/C)N. The van der Waals surface area contributed by atoms with Gasteiger partial charge in [-0.15, -0.1) is 0 Å². The van der Waals surface area contributed by atoms with Gasteiger partial charge in [0.1, 0.15) is 18.2 Å². The van der Waals surface area contributed by atoms with Gasteiger partial charge in [0.05, 0.1) is 5.57 Å². The number of allylic oxidation sites excluding steroid dienone is 4. The van der Waals surface area contributed by atoms with Crippen molar-refractivity contribution in [2.75, 3.05) is 0 Å². The summed E-state index contributed by atoms with van der Waals surface area (Å²) in [5, 5.41) is 2.89. The van der Waals surface area contributed by atoms with E-state index in [1.54, 1.807) is 25.1 Å². The molecule has 2 rings (SSSR count). The minimum Gasteiger partial charge on any atom is -0.489 e. The number of halogens is 1. The van der Waals surface area contributed by atoms with Crippen molar-refractivity contribution in [3.8, 4) is 5.75 Å². The minimum atomic E-state index is -0.291. The first-order chi connectivity index (χ1) is 14.4. The van der Waals surface area contributed by atoms with Gasteiger partial charge in [0.25, 0.3) is 5.91 Å². The van der Waals surface area contributed by atoms with Gasteiger partial charge in [-0.1, -0.05) is 48.9 Å². The van der Waals surface area contributed by atoms with Crippen molar-refractivity contribution < 1.29 is 13.9 Å². The number of hydrogen-bond donors (Lipinski definition) is 2. The predicted octanol–water partition coefficient (Wildman–Crippen LogP) is 5.17. The smallest absolute Gasteiger partial charge is 0.253 e. The molecule has 2 aromatic rings. The number of nitrogens with two attached hydrogens (primary N) is 1. The molecule has 0 heterocycles. The van der Waals surface area contributed by atoms with E-state index in [-0.39, 0.29) is 18.3 Å². The zero-order valence-corrected chi connectivity index (χ0v) is 17.7. The van der Waals surface area contributed by atoms with Gasteiger partial charge >= 0.3 is 0 Å². The molecule has 0 atom stereocenters. The first-order valence-corrected chi connectivity index (χ1v) is 9.93. The predicted molar refractivity (Wildman–Crippen MR) is 119 cm³/mol. The van der Waals surface area contributed by atoms with E-state index < -0.39 is 0 Å². The van der Waals surface area contributed by atoms with Crippen LogP contribution in [-0.2, 0) is 17.9 Å². The van der Waals surface area contributed by atoms with Crippen LogP contribution in [0.2, 0.25) is 0 Å². The summed E-state index contributed by atoms with van der Waals surface area (Å²) in [5.74, 6) is 0.123. The summed E-state index contributed by atoms with van der Waals surface area (Å²) in [7, 11) is 0. The third kappa shape index (κ3) is 7.59. The number of nitrogens with one attached hydrogen (secondary N) is 1. The maximum atomic E-state index is 13.3. The average Bonchev–Trinajstić information content (AvgIpc) is 2.73. The number of amides is 1.